The van der Waals surface area contributed by atoms with Crippen molar-refractivity contribution in [2.75, 3.05) is 0 Å². The smallest absolute Gasteiger partial charge is 0.260 e. The Hall–Kier alpha value is -1.62. The van der Waals surface area contributed by atoms with Crippen molar-refractivity contribution in [3.05, 3.63) is 29.6 Å². The molecule has 0 aliphatic heterocycles. The van der Waals surface area contributed by atoms with Gasteiger partial charge in [0.25, 0.3) is 5.91 Å². The summed E-state index contributed by atoms with van der Waals surface area (Å²) in [6.07, 6.45) is 1.31. The minimum Gasteiger partial charge on any atom is -0.478 e. The molecule has 19 heavy (non-hydrogen) atoms. The third-order valence-corrected chi connectivity index (χ3v) is 3.08. The Morgan fingerprint density at radius 3 is 2.68 bits per heavy atom. The summed E-state index contributed by atoms with van der Waals surface area (Å²) in [6, 6.07) is 4.58. The van der Waals surface area contributed by atoms with E-state index in [1.807, 2.05) is 0 Å². The van der Waals surface area contributed by atoms with Crippen LogP contribution in [0.2, 0.25) is 0 Å². The molecule has 0 bridgehead atoms. The van der Waals surface area contributed by atoms with Gasteiger partial charge in [0.1, 0.15) is 0 Å². The van der Waals surface area contributed by atoms with Crippen LogP contribution in [-0.4, -0.2) is 18.1 Å². The van der Waals surface area contributed by atoms with E-state index in [0.717, 1.165) is 12.8 Å². The van der Waals surface area contributed by atoms with Crippen molar-refractivity contribution in [1.82, 2.24) is 5.32 Å². The number of carbonyl (C=O) groups is 1. The Balaban J connectivity index is 1.99. The molecule has 1 aliphatic carbocycles. The van der Waals surface area contributed by atoms with Crippen LogP contribution >= 0.6 is 0 Å². The van der Waals surface area contributed by atoms with Crippen LogP contribution in [0.25, 0.3) is 0 Å². The van der Waals surface area contributed by atoms with E-state index in [4.69, 9.17) is 10.5 Å². The Morgan fingerprint density at radius 2 is 2.16 bits per heavy atom. The lowest BCUT2D eigenvalue weighted by atomic mass is 10.1. The third kappa shape index (κ3) is 3.67. The zero-order chi connectivity index (χ0) is 14.0. The van der Waals surface area contributed by atoms with E-state index < -0.39 is 11.9 Å². The monoisotopic (exact) mass is 266 g/mol. The first-order valence-corrected chi connectivity index (χ1v) is 6.49. The van der Waals surface area contributed by atoms with E-state index in [0.29, 0.717) is 5.56 Å². The van der Waals surface area contributed by atoms with E-state index >= 15 is 0 Å². The van der Waals surface area contributed by atoms with Crippen LogP contribution < -0.4 is 15.8 Å². The van der Waals surface area contributed by atoms with Gasteiger partial charge in [0.15, 0.2) is 17.7 Å². The fraction of sp³-hybridized carbons (Fsp3) is 0.500. The molecule has 104 valence electrons. The van der Waals surface area contributed by atoms with Crippen molar-refractivity contribution in [3.8, 4) is 5.75 Å². The number of nitrogens with one attached hydrogen (secondary N) is 1. The molecule has 0 heterocycles. The number of halogens is 1. The Labute approximate surface area is 112 Å². The first kappa shape index (κ1) is 13.8. The molecular weight excluding hydrogens is 247 g/mol. The number of nitrogens with two attached hydrogens (primary N) is 1. The average Bonchev–Trinajstić information content (AvgIpc) is 3.15. The van der Waals surface area contributed by atoms with Gasteiger partial charge in [0.2, 0.25) is 0 Å². The summed E-state index contributed by atoms with van der Waals surface area (Å²) in [5.41, 5.74) is 6.37. The molecule has 5 heteroatoms. The van der Waals surface area contributed by atoms with Crippen LogP contribution in [0.1, 0.15) is 38.3 Å². The van der Waals surface area contributed by atoms with Crippen molar-refractivity contribution in [1.29, 1.82) is 0 Å². The first-order chi connectivity index (χ1) is 8.97. The van der Waals surface area contributed by atoms with Gasteiger partial charge >= 0.3 is 0 Å². The lowest BCUT2D eigenvalue weighted by Crippen LogP contribution is -2.37. The second kappa shape index (κ2) is 5.57. The van der Waals surface area contributed by atoms with Gasteiger partial charge in [-0.25, -0.2) is 4.39 Å². The number of carbonyl (C=O) groups excluding carboxylic acids is 1. The lowest BCUT2D eigenvalue weighted by Gasteiger charge is -2.16. The highest BCUT2D eigenvalue weighted by Gasteiger charge is 2.26. The minimum atomic E-state index is -0.712. The van der Waals surface area contributed by atoms with Crippen LogP contribution in [0.3, 0.4) is 0 Å². The van der Waals surface area contributed by atoms with Gasteiger partial charge in [-0.3, -0.25) is 4.79 Å². The van der Waals surface area contributed by atoms with Crippen molar-refractivity contribution in [2.45, 2.75) is 44.9 Å². The average molecular weight is 266 g/mol. The first-order valence-electron chi connectivity index (χ1n) is 6.49. The highest BCUT2D eigenvalue weighted by atomic mass is 19.1. The van der Waals surface area contributed by atoms with Gasteiger partial charge in [-0.05, 0) is 44.4 Å². The summed E-state index contributed by atoms with van der Waals surface area (Å²) in [6.45, 7) is 3.39. The molecule has 0 spiro atoms. The predicted molar refractivity (Wildman–Crippen MR) is 70.3 cm³/mol. The topological polar surface area (TPSA) is 64.3 Å². The highest BCUT2D eigenvalue weighted by Crippen LogP contribution is 2.23. The number of hydrogen-bond acceptors (Lipinski definition) is 3. The van der Waals surface area contributed by atoms with E-state index in [-0.39, 0.29) is 23.7 Å². The molecule has 1 saturated carbocycles. The molecule has 1 fully saturated rings. The fourth-order valence-electron chi connectivity index (χ4n) is 1.69. The number of amides is 1. The molecule has 4 nitrogen and oxygen atoms in total. The Bertz CT molecular complexity index is 473. The molecule has 0 radical (unpaired) electrons. The van der Waals surface area contributed by atoms with E-state index in [1.54, 1.807) is 19.9 Å². The SMILES string of the molecule is CC(Oc1ccc([C@@H](C)N)cc1F)C(=O)NC1CC1. The van der Waals surface area contributed by atoms with Crippen molar-refractivity contribution in [2.24, 2.45) is 5.73 Å². The maximum absolute atomic E-state index is 13.8. The molecule has 1 amide bonds. The van der Waals surface area contributed by atoms with E-state index in [9.17, 15) is 9.18 Å². The van der Waals surface area contributed by atoms with Crippen LogP contribution in [0.4, 0.5) is 4.39 Å². The summed E-state index contributed by atoms with van der Waals surface area (Å²) >= 11 is 0. The van der Waals surface area contributed by atoms with Gasteiger partial charge in [-0.2, -0.15) is 0 Å². The highest BCUT2D eigenvalue weighted by molar-refractivity contribution is 5.81. The van der Waals surface area contributed by atoms with Crippen LogP contribution in [0.5, 0.6) is 5.75 Å². The molecule has 1 aliphatic rings. The largest absolute Gasteiger partial charge is 0.478 e. The minimum absolute atomic E-state index is 0.0721. The van der Waals surface area contributed by atoms with Crippen LogP contribution in [0.15, 0.2) is 18.2 Å². The van der Waals surface area contributed by atoms with Gasteiger partial charge in [-0.1, -0.05) is 6.07 Å². The molecule has 0 saturated heterocycles. The van der Waals surface area contributed by atoms with E-state index in [1.165, 1.54) is 12.1 Å². The lowest BCUT2D eigenvalue weighted by molar-refractivity contribution is -0.127. The second-order valence-corrected chi connectivity index (χ2v) is 5.02. The van der Waals surface area contributed by atoms with Gasteiger partial charge in [-0.15, -0.1) is 0 Å². The van der Waals surface area contributed by atoms with Gasteiger partial charge < -0.3 is 15.8 Å². The quantitative estimate of drug-likeness (QED) is 0.855. The zero-order valence-corrected chi connectivity index (χ0v) is 11.2. The summed E-state index contributed by atoms with van der Waals surface area (Å²) in [4.78, 5) is 11.7. The van der Waals surface area contributed by atoms with Crippen LogP contribution in [0, 0.1) is 5.82 Å². The summed E-state index contributed by atoms with van der Waals surface area (Å²) in [5.74, 6) is -0.637. The van der Waals surface area contributed by atoms with Crippen molar-refractivity contribution in [3.63, 3.8) is 0 Å². The fourth-order valence-corrected chi connectivity index (χ4v) is 1.69. The Kier molecular flexibility index (Phi) is 4.04. The third-order valence-electron chi connectivity index (χ3n) is 3.08. The van der Waals surface area contributed by atoms with Gasteiger partial charge in [0, 0.05) is 12.1 Å². The summed E-state index contributed by atoms with van der Waals surface area (Å²) in [7, 11) is 0. The van der Waals surface area contributed by atoms with Crippen molar-refractivity contribution < 1.29 is 13.9 Å². The summed E-state index contributed by atoms with van der Waals surface area (Å²) in [5, 5.41) is 2.82. The maximum Gasteiger partial charge on any atom is 0.260 e. The molecule has 2 atom stereocenters. The molecule has 1 aromatic rings. The second-order valence-electron chi connectivity index (χ2n) is 5.02. The predicted octanol–water partition coefficient (Wildman–Crippen LogP) is 1.89. The molecule has 1 aromatic carbocycles. The maximum atomic E-state index is 13.8. The molecule has 0 aromatic heterocycles. The van der Waals surface area contributed by atoms with Crippen LogP contribution in [-0.2, 0) is 4.79 Å². The van der Waals surface area contributed by atoms with Crippen molar-refractivity contribution >= 4 is 5.91 Å². The number of ether oxygens (including phenoxy) is 1. The molecule has 2 rings (SSSR count). The molecule has 3 N–H and O–H groups in total. The Morgan fingerprint density at radius 1 is 1.47 bits per heavy atom. The number of rotatable bonds is 5. The summed E-state index contributed by atoms with van der Waals surface area (Å²) < 4.78 is 19.1. The standard InChI is InChI=1S/C14H19FN2O2/c1-8(16)10-3-6-13(12(15)7-10)19-9(2)14(18)17-11-4-5-11/h3,6-9,11H,4-5,16H2,1-2H3,(H,17,18)/t8-,9?/m1/s1. The van der Waals surface area contributed by atoms with E-state index in [2.05, 4.69) is 5.32 Å². The van der Waals surface area contributed by atoms with Gasteiger partial charge in [0.05, 0.1) is 0 Å². The normalized spacial score (nSPS) is 17.7. The number of benzene rings is 1. The zero-order valence-electron chi connectivity index (χ0n) is 11.2. The molecular formula is C14H19FN2O2. The number of hydrogen-bond donors (Lipinski definition) is 2. The molecule has 1 unspecified atom stereocenters.